The molecule has 9 heteroatoms. The molecule has 0 radical (unpaired) electrons. The molecule has 182 valence electrons. The molecule has 2 aromatic rings. The molecule has 2 aromatic carbocycles. The number of nitrogens with one attached hydrogen (secondary N) is 1. The quantitative estimate of drug-likeness (QED) is 0.368. The molecule has 1 aliphatic heterocycles. The number of hydrogen-bond acceptors (Lipinski definition) is 5. The number of rotatable bonds is 5. The number of hydrogen-bond donors (Lipinski definition) is 1. The van der Waals surface area contributed by atoms with Crippen molar-refractivity contribution >= 4 is 58.3 Å². The van der Waals surface area contributed by atoms with Crippen molar-refractivity contribution in [3.05, 3.63) is 59.2 Å². The lowest BCUT2D eigenvalue weighted by molar-refractivity contribution is -0.123. The SMILES string of the molecule is Cc1cccc(NC(=O)COC(=O)c2cccc(N3C(=O)[C@@H]4[C@H]5C[C@@H]([C@H](Cl)[C@@H]5Cl)[C@@H]4C3=O)c2)c1C. The number of carbonyl (C=O) groups excluding carboxylic acids is 4. The van der Waals surface area contributed by atoms with Crippen LogP contribution in [0.3, 0.4) is 0 Å². The Morgan fingerprint density at radius 2 is 1.63 bits per heavy atom. The second-order valence-electron chi connectivity index (χ2n) is 9.44. The Morgan fingerprint density at radius 3 is 2.29 bits per heavy atom. The van der Waals surface area contributed by atoms with Crippen LogP contribution in [-0.4, -0.2) is 41.1 Å². The van der Waals surface area contributed by atoms with Gasteiger partial charge in [-0.2, -0.15) is 0 Å². The maximum Gasteiger partial charge on any atom is 0.338 e. The van der Waals surface area contributed by atoms with E-state index in [9.17, 15) is 19.2 Å². The number of alkyl halides is 2. The summed E-state index contributed by atoms with van der Waals surface area (Å²) >= 11 is 12.8. The Bertz CT molecular complexity index is 1220. The summed E-state index contributed by atoms with van der Waals surface area (Å²) in [4.78, 5) is 52.4. The summed E-state index contributed by atoms with van der Waals surface area (Å²) in [5.41, 5.74) is 3.03. The molecule has 1 heterocycles. The van der Waals surface area contributed by atoms with Gasteiger partial charge < -0.3 is 10.1 Å². The minimum atomic E-state index is -0.732. The summed E-state index contributed by atoms with van der Waals surface area (Å²) < 4.78 is 5.18. The summed E-state index contributed by atoms with van der Waals surface area (Å²) in [6, 6.07) is 11.6. The Kier molecular flexibility index (Phi) is 6.09. The molecular formula is C26H24Cl2N2O5. The van der Waals surface area contributed by atoms with Gasteiger partial charge >= 0.3 is 5.97 Å². The smallest absolute Gasteiger partial charge is 0.338 e. The lowest BCUT2D eigenvalue weighted by atomic mass is 9.80. The first-order chi connectivity index (χ1) is 16.7. The van der Waals surface area contributed by atoms with E-state index in [0.29, 0.717) is 17.8 Å². The number of carbonyl (C=O) groups is 4. The summed E-state index contributed by atoms with van der Waals surface area (Å²) in [7, 11) is 0. The van der Waals surface area contributed by atoms with Crippen molar-refractivity contribution in [2.24, 2.45) is 23.7 Å². The summed E-state index contributed by atoms with van der Waals surface area (Å²) in [6.07, 6.45) is 0.680. The van der Waals surface area contributed by atoms with E-state index >= 15 is 0 Å². The van der Waals surface area contributed by atoms with Crippen molar-refractivity contribution in [2.75, 3.05) is 16.8 Å². The normalized spacial score (nSPS) is 28.9. The standard InChI is InChI=1S/C26H24Cl2N2O5/c1-12-5-3-8-18(13(12)2)29-19(31)11-35-26(34)14-6-4-7-15(9-14)30-24(32)20-16-10-17(21(20)25(30)33)23(28)22(16)27/h3-9,16-17,20-23H,10-11H2,1-2H3,(H,29,31)/t16-,17-,20-,21+,22-,23+/m1/s1. The molecule has 2 bridgehead atoms. The lowest BCUT2D eigenvalue weighted by Crippen LogP contribution is -2.37. The van der Waals surface area contributed by atoms with Crippen LogP contribution in [0.2, 0.25) is 0 Å². The van der Waals surface area contributed by atoms with Crippen molar-refractivity contribution in [3.8, 4) is 0 Å². The van der Waals surface area contributed by atoms with Crippen molar-refractivity contribution in [3.63, 3.8) is 0 Å². The molecule has 5 rings (SSSR count). The van der Waals surface area contributed by atoms with E-state index in [-0.39, 0.29) is 40.0 Å². The fraction of sp³-hybridized carbons (Fsp3) is 0.385. The summed E-state index contributed by atoms with van der Waals surface area (Å²) in [5, 5.41) is 2.06. The van der Waals surface area contributed by atoms with Gasteiger partial charge in [0.25, 0.3) is 5.91 Å². The molecule has 2 aliphatic carbocycles. The van der Waals surface area contributed by atoms with Gasteiger partial charge in [0.1, 0.15) is 0 Å². The minimum Gasteiger partial charge on any atom is -0.452 e. The third kappa shape index (κ3) is 3.91. The number of anilines is 2. The molecule has 35 heavy (non-hydrogen) atoms. The molecule has 3 aliphatic rings. The van der Waals surface area contributed by atoms with Crippen LogP contribution in [0, 0.1) is 37.5 Å². The number of aryl methyl sites for hydroxylation is 1. The Labute approximate surface area is 212 Å². The van der Waals surface area contributed by atoms with Gasteiger partial charge in [-0.05, 0) is 67.5 Å². The van der Waals surface area contributed by atoms with Crippen LogP contribution in [0.15, 0.2) is 42.5 Å². The van der Waals surface area contributed by atoms with Crippen LogP contribution in [0.5, 0.6) is 0 Å². The van der Waals surface area contributed by atoms with Gasteiger partial charge in [-0.1, -0.05) is 18.2 Å². The molecular weight excluding hydrogens is 491 g/mol. The predicted octanol–water partition coefficient (Wildman–Crippen LogP) is 4.07. The zero-order valence-corrected chi connectivity index (χ0v) is 20.7. The largest absolute Gasteiger partial charge is 0.452 e. The average Bonchev–Trinajstić information content (AvgIpc) is 3.45. The highest BCUT2D eigenvalue weighted by molar-refractivity contribution is 6.32. The average molecular weight is 515 g/mol. The predicted molar refractivity (Wildman–Crippen MR) is 132 cm³/mol. The van der Waals surface area contributed by atoms with Gasteiger partial charge in [0.2, 0.25) is 11.8 Å². The molecule has 1 N–H and O–H groups in total. The highest BCUT2D eigenvalue weighted by Gasteiger charge is 2.66. The molecule has 3 fully saturated rings. The molecule has 0 spiro atoms. The van der Waals surface area contributed by atoms with E-state index < -0.39 is 30.3 Å². The second-order valence-corrected chi connectivity index (χ2v) is 10.4. The lowest BCUT2D eigenvalue weighted by Gasteiger charge is -2.28. The number of amides is 3. The van der Waals surface area contributed by atoms with Crippen molar-refractivity contribution in [1.29, 1.82) is 0 Å². The molecule has 3 amide bonds. The van der Waals surface area contributed by atoms with E-state index in [0.717, 1.165) is 16.0 Å². The molecule has 0 unspecified atom stereocenters. The summed E-state index contributed by atoms with van der Waals surface area (Å²) in [6.45, 7) is 3.36. The first-order valence-electron chi connectivity index (χ1n) is 11.5. The molecule has 1 saturated heterocycles. The van der Waals surface area contributed by atoms with Crippen LogP contribution in [0.1, 0.15) is 27.9 Å². The van der Waals surface area contributed by atoms with Crippen molar-refractivity contribution in [2.45, 2.75) is 31.0 Å². The van der Waals surface area contributed by atoms with E-state index in [1.807, 2.05) is 26.0 Å². The highest BCUT2D eigenvalue weighted by Crippen LogP contribution is 2.59. The van der Waals surface area contributed by atoms with Crippen LogP contribution < -0.4 is 10.2 Å². The number of imide groups is 1. The van der Waals surface area contributed by atoms with Gasteiger partial charge in [-0.15, -0.1) is 23.2 Å². The van der Waals surface area contributed by atoms with Gasteiger partial charge in [0.15, 0.2) is 6.61 Å². The maximum atomic E-state index is 13.2. The Morgan fingerprint density at radius 1 is 1.00 bits per heavy atom. The van der Waals surface area contributed by atoms with E-state index in [4.69, 9.17) is 27.9 Å². The van der Waals surface area contributed by atoms with E-state index in [1.165, 1.54) is 12.1 Å². The fourth-order valence-corrected chi connectivity index (χ4v) is 6.56. The number of nitrogens with zero attached hydrogens (tertiary/aromatic N) is 1. The third-order valence-corrected chi connectivity index (χ3v) is 8.86. The van der Waals surface area contributed by atoms with Gasteiger partial charge in [0.05, 0.1) is 33.8 Å². The Balaban J connectivity index is 1.27. The molecule has 7 nitrogen and oxygen atoms in total. The minimum absolute atomic E-state index is 0.126. The number of halogens is 2. The van der Waals surface area contributed by atoms with Crippen molar-refractivity contribution in [1.82, 2.24) is 0 Å². The van der Waals surface area contributed by atoms with E-state index in [1.54, 1.807) is 18.2 Å². The fourth-order valence-electron chi connectivity index (χ4n) is 5.66. The second kappa shape index (κ2) is 8.95. The maximum absolute atomic E-state index is 13.2. The zero-order valence-electron chi connectivity index (χ0n) is 19.2. The van der Waals surface area contributed by atoms with Gasteiger partial charge in [0, 0.05) is 5.69 Å². The number of ether oxygens (including phenoxy) is 1. The van der Waals surface area contributed by atoms with Crippen LogP contribution in [0.4, 0.5) is 11.4 Å². The number of esters is 1. The number of benzene rings is 2. The van der Waals surface area contributed by atoms with Crippen LogP contribution in [0.25, 0.3) is 0 Å². The first-order valence-corrected chi connectivity index (χ1v) is 12.4. The highest BCUT2D eigenvalue weighted by atomic mass is 35.5. The van der Waals surface area contributed by atoms with Crippen molar-refractivity contribution < 1.29 is 23.9 Å². The zero-order chi connectivity index (χ0) is 25.0. The Hall–Kier alpha value is -2.90. The topological polar surface area (TPSA) is 92.8 Å². The summed E-state index contributed by atoms with van der Waals surface area (Å²) in [5.74, 6) is -3.02. The van der Waals surface area contributed by atoms with Gasteiger partial charge in [-0.25, -0.2) is 4.79 Å². The number of fused-ring (bicyclic) bond motifs is 5. The first kappa shape index (κ1) is 23.8. The molecule has 2 saturated carbocycles. The van der Waals surface area contributed by atoms with E-state index in [2.05, 4.69) is 5.32 Å². The van der Waals surface area contributed by atoms with Crippen LogP contribution >= 0.6 is 23.2 Å². The molecule has 6 atom stereocenters. The van der Waals surface area contributed by atoms with Crippen LogP contribution in [-0.2, 0) is 19.1 Å². The monoisotopic (exact) mass is 514 g/mol. The van der Waals surface area contributed by atoms with Gasteiger partial charge in [-0.3, -0.25) is 19.3 Å². The molecule has 0 aromatic heterocycles. The third-order valence-electron chi connectivity index (χ3n) is 7.54.